The summed E-state index contributed by atoms with van der Waals surface area (Å²) in [5, 5.41) is 0. The predicted molar refractivity (Wildman–Crippen MR) is 114 cm³/mol. The first-order valence-electron chi connectivity index (χ1n) is 10.9. The summed E-state index contributed by atoms with van der Waals surface area (Å²) in [6.45, 7) is 0. The van der Waals surface area contributed by atoms with Gasteiger partial charge in [0.1, 0.15) is 6.04 Å². The van der Waals surface area contributed by atoms with E-state index >= 15 is 8.78 Å². The van der Waals surface area contributed by atoms with Crippen molar-refractivity contribution in [3.63, 3.8) is 0 Å². The minimum atomic E-state index is -8.05. The number of nitrogens with zero attached hydrogens (tertiary/aromatic N) is 1. The van der Waals surface area contributed by atoms with Gasteiger partial charge in [0.25, 0.3) is 0 Å². The Labute approximate surface area is 217 Å². The number of benzene rings is 2. The number of alkyl halides is 13. The fourth-order valence-electron chi connectivity index (χ4n) is 3.34. The Kier molecular flexibility index (Phi) is 9.27. The van der Waals surface area contributed by atoms with Crippen LogP contribution < -0.4 is 0 Å². The Hall–Kier alpha value is -3.33. The minimum Gasteiger partial charge on any atom is -0.469 e. The van der Waals surface area contributed by atoms with Gasteiger partial charge in [0, 0.05) is 17.5 Å². The molecule has 0 aliphatic carbocycles. The van der Waals surface area contributed by atoms with Crippen LogP contribution in [0.3, 0.4) is 0 Å². The van der Waals surface area contributed by atoms with Crippen molar-refractivity contribution in [1.29, 1.82) is 0 Å². The van der Waals surface area contributed by atoms with Gasteiger partial charge >= 0.3 is 41.8 Å². The molecule has 2 aromatic rings. The molecule has 16 heteroatoms. The van der Waals surface area contributed by atoms with E-state index in [9.17, 15) is 53.1 Å². The summed E-state index contributed by atoms with van der Waals surface area (Å²) in [7, 11) is 0.723. The predicted octanol–water partition coefficient (Wildman–Crippen LogP) is 7.58. The van der Waals surface area contributed by atoms with Crippen molar-refractivity contribution < 1.29 is 66.6 Å². The Balaban J connectivity index is 2.79. The van der Waals surface area contributed by atoms with Gasteiger partial charge in [-0.3, -0.25) is 9.79 Å². The molecule has 0 spiro atoms. The maximum Gasteiger partial charge on any atom is 0.460 e. The van der Waals surface area contributed by atoms with Gasteiger partial charge in [0.15, 0.2) is 0 Å². The molecule has 0 aliphatic heterocycles. The van der Waals surface area contributed by atoms with Crippen LogP contribution in [0.4, 0.5) is 57.1 Å². The van der Waals surface area contributed by atoms with E-state index in [0.717, 1.165) is 7.11 Å². The molecule has 222 valence electrons. The third-order valence-electron chi connectivity index (χ3n) is 5.61. The first kappa shape index (κ1) is 32.9. The SMILES string of the molecule is COC(=O)CCC(N=C(c1ccccc1)c1ccccc1)C(F)(F)C(F)(F)C(F)(F)C(F)(F)C(F)(F)C(F)(F)F. The van der Waals surface area contributed by atoms with Crippen molar-refractivity contribution in [2.45, 2.75) is 54.7 Å². The summed E-state index contributed by atoms with van der Waals surface area (Å²) in [5.41, 5.74) is -0.810. The van der Waals surface area contributed by atoms with Crippen molar-refractivity contribution >= 4 is 11.7 Å². The second kappa shape index (κ2) is 11.3. The lowest BCUT2D eigenvalue weighted by atomic mass is 9.89. The number of carbonyl (C=O) groups is 1. The molecule has 2 aromatic carbocycles. The van der Waals surface area contributed by atoms with Gasteiger partial charge in [-0.1, -0.05) is 60.7 Å². The Bertz CT molecular complexity index is 1140. The van der Waals surface area contributed by atoms with E-state index < -0.39 is 66.4 Å². The topological polar surface area (TPSA) is 38.7 Å². The standard InChI is InChI=1S/C24H18F13NO2/c1-40-17(39)13-12-16(38-18(14-8-4-2-5-9-14)15-10-6-3-7-11-15)19(25,26)20(27,28)21(29,30)22(31,32)23(33,34)24(35,36)37/h2-11,16H,12-13H2,1H3. The van der Waals surface area contributed by atoms with E-state index in [1.54, 1.807) is 0 Å². The second-order valence-electron chi connectivity index (χ2n) is 8.26. The zero-order chi connectivity index (χ0) is 30.8. The lowest BCUT2D eigenvalue weighted by Gasteiger charge is -2.41. The van der Waals surface area contributed by atoms with E-state index in [1.807, 2.05) is 0 Å². The smallest absolute Gasteiger partial charge is 0.460 e. The number of hydrogen-bond acceptors (Lipinski definition) is 3. The number of halogens is 13. The minimum absolute atomic E-state index is 0.100. The molecule has 1 unspecified atom stereocenters. The number of ether oxygens (including phenoxy) is 1. The zero-order valence-corrected chi connectivity index (χ0v) is 19.9. The molecule has 0 radical (unpaired) electrons. The third kappa shape index (κ3) is 5.75. The Morgan fingerprint density at radius 3 is 1.45 bits per heavy atom. The molecule has 3 nitrogen and oxygen atoms in total. The van der Waals surface area contributed by atoms with Crippen LogP contribution in [-0.4, -0.2) is 60.6 Å². The molecule has 1 atom stereocenters. The van der Waals surface area contributed by atoms with Gasteiger partial charge < -0.3 is 4.74 Å². The second-order valence-corrected chi connectivity index (χ2v) is 8.26. The summed E-state index contributed by atoms with van der Waals surface area (Å²) >= 11 is 0. The highest BCUT2D eigenvalue weighted by atomic mass is 19.4. The highest BCUT2D eigenvalue weighted by Crippen LogP contribution is 2.61. The van der Waals surface area contributed by atoms with Gasteiger partial charge in [-0.05, 0) is 6.42 Å². The molecular formula is C24H18F13NO2. The average Bonchev–Trinajstić information content (AvgIpc) is 2.88. The van der Waals surface area contributed by atoms with Gasteiger partial charge in [-0.15, -0.1) is 0 Å². The van der Waals surface area contributed by atoms with E-state index in [-0.39, 0.29) is 11.1 Å². The van der Waals surface area contributed by atoms with Gasteiger partial charge in [0.2, 0.25) is 0 Å². The highest BCUT2D eigenvalue weighted by molar-refractivity contribution is 6.13. The van der Waals surface area contributed by atoms with Crippen molar-refractivity contribution in [2.24, 2.45) is 4.99 Å². The summed E-state index contributed by atoms with van der Waals surface area (Å²) in [4.78, 5) is 14.9. The maximum atomic E-state index is 15.2. The molecule has 0 N–H and O–H groups in total. The van der Waals surface area contributed by atoms with Crippen LogP contribution in [0.15, 0.2) is 65.7 Å². The molecule has 0 saturated heterocycles. The summed E-state index contributed by atoms with van der Waals surface area (Å²) in [6.07, 6.45) is -10.4. The number of rotatable bonds is 11. The first-order valence-corrected chi connectivity index (χ1v) is 10.9. The Morgan fingerprint density at radius 2 is 1.07 bits per heavy atom. The maximum absolute atomic E-state index is 15.2. The number of methoxy groups -OCH3 is 1. The molecule has 2 rings (SSSR count). The van der Waals surface area contributed by atoms with Crippen molar-refractivity contribution in [3.05, 3.63) is 71.8 Å². The summed E-state index contributed by atoms with van der Waals surface area (Å²) < 4.78 is 184. The van der Waals surface area contributed by atoms with Crippen LogP contribution in [0.25, 0.3) is 0 Å². The lowest BCUT2D eigenvalue weighted by molar-refractivity contribution is -0.440. The fourth-order valence-corrected chi connectivity index (χ4v) is 3.34. The van der Waals surface area contributed by atoms with Crippen molar-refractivity contribution in [1.82, 2.24) is 0 Å². The summed E-state index contributed by atoms with van der Waals surface area (Å²) in [6, 6.07) is 9.38. The molecule has 0 aromatic heterocycles. The van der Waals surface area contributed by atoms with Crippen molar-refractivity contribution in [3.8, 4) is 0 Å². The van der Waals surface area contributed by atoms with Gasteiger partial charge in [-0.25, -0.2) is 0 Å². The average molecular weight is 599 g/mol. The van der Waals surface area contributed by atoms with Crippen LogP contribution in [0.1, 0.15) is 24.0 Å². The third-order valence-corrected chi connectivity index (χ3v) is 5.61. The van der Waals surface area contributed by atoms with Crippen LogP contribution in [0, 0.1) is 0 Å². The van der Waals surface area contributed by atoms with E-state index in [2.05, 4.69) is 9.73 Å². The number of aliphatic imine (C=N–C) groups is 1. The van der Waals surface area contributed by atoms with Crippen LogP contribution in [0.5, 0.6) is 0 Å². The molecule has 0 saturated carbocycles. The van der Waals surface area contributed by atoms with Gasteiger partial charge in [0.05, 0.1) is 12.8 Å². The van der Waals surface area contributed by atoms with Gasteiger partial charge in [-0.2, -0.15) is 57.1 Å². The first-order chi connectivity index (χ1) is 18.2. The van der Waals surface area contributed by atoms with Crippen LogP contribution in [-0.2, 0) is 9.53 Å². The van der Waals surface area contributed by atoms with Crippen molar-refractivity contribution in [2.75, 3.05) is 7.11 Å². The Morgan fingerprint density at radius 1 is 0.675 bits per heavy atom. The highest BCUT2D eigenvalue weighted by Gasteiger charge is 2.91. The largest absolute Gasteiger partial charge is 0.469 e. The molecule has 0 heterocycles. The number of esters is 1. The van der Waals surface area contributed by atoms with E-state index in [1.165, 1.54) is 60.7 Å². The molecule has 40 heavy (non-hydrogen) atoms. The van der Waals surface area contributed by atoms with Crippen LogP contribution >= 0.6 is 0 Å². The lowest BCUT2D eigenvalue weighted by Crippen LogP contribution is -2.71. The molecule has 0 aliphatic rings. The molecule has 0 fully saturated rings. The van der Waals surface area contributed by atoms with Crippen LogP contribution in [0.2, 0.25) is 0 Å². The quantitative estimate of drug-likeness (QED) is 0.152. The number of hydrogen-bond donors (Lipinski definition) is 0. The zero-order valence-electron chi connectivity index (χ0n) is 19.9. The van der Waals surface area contributed by atoms with E-state index in [4.69, 9.17) is 0 Å². The van der Waals surface area contributed by atoms with E-state index in [0.29, 0.717) is 0 Å². The monoisotopic (exact) mass is 599 g/mol. The fraction of sp³-hybridized carbons (Fsp3) is 0.417. The molecule has 0 bridgehead atoms. The molecular weight excluding hydrogens is 581 g/mol. The number of carbonyl (C=O) groups excluding carboxylic acids is 1. The normalized spacial score (nSPS) is 14.4. The molecule has 0 amide bonds. The summed E-state index contributed by atoms with van der Waals surface area (Å²) in [5.74, 6) is -39.4.